The molecule has 2 aliphatic heterocycles. The number of nitrogens with zero attached hydrogens (tertiary/aromatic N) is 1. The fraction of sp³-hybridized carbons (Fsp3) is 0.533. The molecule has 0 unspecified atom stereocenters. The predicted octanol–water partition coefficient (Wildman–Crippen LogP) is 4.06. The number of thioether (sulfide) groups is 1. The normalized spacial score (nSPS) is 29.4. The predicted molar refractivity (Wildman–Crippen MR) is 81.1 cm³/mol. The van der Waals surface area contributed by atoms with Crippen LogP contribution in [0, 0.1) is 0 Å². The number of alkyl halides is 1. The fourth-order valence-corrected chi connectivity index (χ4v) is 4.63. The molecule has 1 aromatic rings. The van der Waals surface area contributed by atoms with Crippen LogP contribution in [0.1, 0.15) is 33.1 Å². The molecule has 0 aliphatic carbocycles. The van der Waals surface area contributed by atoms with Crippen molar-refractivity contribution in [3.63, 3.8) is 0 Å². The number of hydrogen-bond acceptors (Lipinski definition) is 2. The summed E-state index contributed by atoms with van der Waals surface area (Å²) in [6.07, 6.45) is 2.22. The van der Waals surface area contributed by atoms with E-state index in [2.05, 4.69) is 26.0 Å². The van der Waals surface area contributed by atoms with Crippen molar-refractivity contribution in [1.29, 1.82) is 0 Å². The molecule has 2 aliphatic rings. The Morgan fingerprint density at radius 3 is 2.89 bits per heavy atom. The Balaban J connectivity index is 2.12. The lowest BCUT2D eigenvalue weighted by Gasteiger charge is -2.46. The highest BCUT2D eigenvalue weighted by atomic mass is 35.5. The van der Waals surface area contributed by atoms with Gasteiger partial charge in [-0.15, -0.1) is 23.4 Å². The molecule has 2 atom stereocenters. The maximum Gasteiger partial charge on any atom is 0.227 e. The smallest absolute Gasteiger partial charge is 0.227 e. The van der Waals surface area contributed by atoms with E-state index in [4.69, 9.17) is 11.6 Å². The molecule has 0 saturated carbocycles. The molecular formula is C15H18ClNOS. The van der Waals surface area contributed by atoms with Gasteiger partial charge >= 0.3 is 0 Å². The number of halogens is 1. The number of rotatable bonds is 0. The van der Waals surface area contributed by atoms with E-state index in [0.717, 1.165) is 18.5 Å². The van der Waals surface area contributed by atoms with Crippen LogP contribution in [-0.2, 0) is 4.79 Å². The lowest BCUT2D eigenvalue weighted by atomic mass is 9.95. The number of anilines is 1. The largest absolute Gasteiger partial charge is 0.307 e. The minimum atomic E-state index is 0.00148. The third-order valence-corrected chi connectivity index (χ3v) is 5.79. The number of hydrogen-bond donors (Lipinski definition) is 0. The van der Waals surface area contributed by atoms with Crippen LogP contribution in [0.3, 0.4) is 0 Å². The van der Waals surface area contributed by atoms with Gasteiger partial charge in [-0.3, -0.25) is 4.79 Å². The lowest BCUT2D eigenvalue weighted by molar-refractivity contribution is -0.119. The topological polar surface area (TPSA) is 20.3 Å². The molecule has 4 heteroatoms. The molecule has 3 rings (SSSR count). The molecular weight excluding hydrogens is 278 g/mol. The molecule has 1 saturated heterocycles. The first-order valence-electron chi connectivity index (χ1n) is 6.73. The number of carbonyl (C=O) groups excluding carboxylic acids is 1. The van der Waals surface area contributed by atoms with Gasteiger partial charge in [0.25, 0.3) is 0 Å². The van der Waals surface area contributed by atoms with Gasteiger partial charge in [-0.05, 0) is 38.8 Å². The van der Waals surface area contributed by atoms with Gasteiger partial charge in [-0.2, -0.15) is 0 Å². The summed E-state index contributed by atoms with van der Waals surface area (Å²) >= 11 is 8.23. The molecule has 0 bridgehead atoms. The van der Waals surface area contributed by atoms with Crippen molar-refractivity contribution in [2.24, 2.45) is 0 Å². The van der Waals surface area contributed by atoms with E-state index < -0.39 is 0 Å². The molecule has 1 aromatic carbocycles. The van der Waals surface area contributed by atoms with Gasteiger partial charge in [0.15, 0.2) is 0 Å². The van der Waals surface area contributed by atoms with Gasteiger partial charge in [0, 0.05) is 21.4 Å². The minimum Gasteiger partial charge on any atom is -0.307 e. The monoisotopic (exact) mass is 295 g/mol. The molecule has 19 heavy (non-hydrogen) atoms. The zero-order chi connectivity index (χ0) is 13.6. The Kier molecular flexibility index (Phi) is 3.30. The van der Waals surface area contributed by atoms with Crippen molar-refractivity contribution in [2.75, 3.05) is 4.90 Å². The Morgan fingerprint density at radius 2 is 2.11 bits per heavy atom. The van der Waals surface area contributed by atoms with Crippen molar-refractivity contribution in [3.8, 4) is 0 Å². The quantitative estimate of drug-likeness (QED) is 0.673. The molecule has 0 radical (unpaired) electrons. The summed E-state index contributed by atoms with van der Waals surface area (Å²) in [5.74, 6) is 0.217. The first-order chi connectivity index (χ1) is 8.99. The minimum absolute atomic E-state index is 0.00148. The molecule has 0 N–H and O–H groups in total. The number of benzene rings is 1. The van der Waals surface area contributed by atoms with Crippen LogP contribution in [0.15, 0.2) is 29.2 Å². The average molecular weight is 296 g/mol. The number of carbonyl (C=O) groups is 1. The van der Waals surface area contributed by atoms with Crippen molar-refractivity contribution in [2.45, 2.75) is 54.2 Å². The molecule has 102 valence electrons. The summed E-state index contributed by atoms with van der Waals surface area (Å²) in [6, 6.07) is 8.38. The molecule has 0 spiro atoms. The second-order valence-electron chi connectivity index (χ2n) is 5.82. The van der Waals surface area contributed by atoms with E-state index in [1.807, 2.05) is 28.8 Å². The zero-order valence-electron chi connectivity index (χ0n) is 11.2. The molecule has 1 fully saturated rings. The average Bonchev–Trinajstić information content (AvgIpc) is 2.50. The lowest BCUT2D eigenvalue weighted by Crippen LogP contribution is -2.52. The van der Waals surface area contributed by atoms with Crippen LogP contribution in [0.4, 0.5) is 5.69 Å². The second kappa shape index (κ2) is 4.71. The first kappa shape index (κ1) is 13.3. The summed E-state index contributed by atoms with van der Waals surface area (Å²) < 4.78 is 0.00148. The third kappa shape index (κ3) is 2.27. The highest BCUT2D eigenvalue weighted by molar-refractivity contribution is 8.01. The molecule has 0 aromatic heterocycles. The van der Waals surface area contributed by atoms with Crippen molar-refractivity contribution in [1.82, 2.24) is 0 Å². The van der Waals surface area contributed by atoms with E-state index in [-0.39, 0.29) is 22.1 Å². The Hall–Kier alpha value is -0.670. The van der Waals surface area contributed by atoms with Gasteiger partial charge in [0.2, 0.25) is 5.91 Å². The van der Waals surface area contributed by atoms with Crippen LogP contribution >= 0.6 is 23.4 Å². The van der Waals surface area contributed by atoms with Crippen LogP contribution in [0.5, 0.6) is 0 Å². The molecule has 2 heterocycles. The summed E-state index contributed by atoms with van der Waals surface area (Å²) in [5.41, 5.74) is 1.06. The van der Waals surface area contributed by atoms with Gasteiger partial charge in [-0.1, -0.05) is 12.1 Å². The van der Waals surface area contributed by atoms with Crippen molar-refractivity contribution in [3.05, 3.63) is 24.3 Å². The van der Waals surface area contributed by atoms with Crippen LogP contribution in [0.25, 0.3) is 0 Å². The summed E-state index contributed by atoms with van der Waals surface area (Å²) in [5, 5.41) is 0.101. The molecule has 2 nitrogen and oxygen atoms in total. The highest BCUT2D eigenvalue weighted by Gasteiger charge is 2.45. The van der Waals surface area contributed by atoms with E-state index in [1.54, 1.807) is 0 Å². The number of amides is 1. The Morgan fingerprint density at radius 1 is 1.37 bits per heavy atom. The van der Waals surface area contributed by atoms with Gasteiger partial charge in [-0.25, -0.2) is 0 Å². The van der Waals surface area contributed by atoms with E-state index in [1.165, 1.54) is 4.90 Å². The fourth-order valence-electron chi connectivity index (χ4n) is 3.03. The third-order valence-electron chi connectivity index (χ3n) is 4.03. The zero-order valence-corrected chi connectivity index (χ0v) is 12.8. The van der Waals surface area contributed by atoms with Gasteiger partial charge < -0.3 is 4.90 Å². The van der Waals surface area contributed by atoms with Gasteiger partial charge in [0.05, 0.1) is 11.7 Å². The first-order valence-corrected chi connectivity index (χ1v) is 7.98. The number of para-hydroxylation sites is 1. The van der Waals surface area contributed by atoms with Gasteiger partial charge in [0.1, 0.15) is 0 Å². The number of fused-ring (bicyclic) bond motifs is 3. The van der Waals surface area contributed by atoms with E-state index in [0.29, 0.717) is 6.42 Å². The SMILES string of the molecule is CC1(C)Sc2ccccc2N2C(=O)CC[C@@H](Cl)C[C@H]21. The second-order valence-corrected chi connectivity index (χ2v) is 8.14. The Labute approximate surface area is 123 Å². The molecule has 1 amide bonds. The summed E-state index contributed by atoms with van der Waals surface area (Å²) in [7, 11) is 0. The maximum atomic E-state index is 12.5. The van der Waals surface area contributed by atoms with Crippen LogP contribution < -0.4 is 4.90 Å². The summed E-state index contributed by atoms with van der Waals surface area (Å²) in [4.78, 5) is 15.7. The van der Waals surface area contributed by atoms with Crippen LogP contribution in [0.2, 0.25) is 0 Å². The van der Waals surface area contributed by atoms with Crippen molar-refractivity contribution < 1.29 is 4.79 Å². The standard InChI is InChI=1S/C15H18ClNOS/c1-15(2)13-9-10(16)7-8-14(18)17(13)11-5-3-4-6-12(11)19-15/h3-6,10,13H,7-9H2,1-2H3/t10-,13+/m1/s1. The van der Waals surface area contributed by atoms with Crippen molar-refractivity contribution >= 4 is 35.0 Å². The van der Waals surface area contributed by atoms with Crippen LogP contribution in [-0.4, -0.2) is 22.1 Å². The van der Waals surface area contributed by atoms with E-state index in [9.17, 15) is 4.79 Å². The Bertz CT molecular complexity index is 517. The maximum absolute atomic E-state index is 12.5. The van der Waals surface area contributed by atoms with E-state index >= 15 is 0 Å². The summed E-state index contributed by atoms with van der Waals surface area (Å²) in [6.45, 7) is 4.43. The highest BCUT2D eigenvalue weighted by Crippen LogP contribution is 2.50.